The van der Waals surface area contributed by atoms with Crippen molar-refractivity contribution in [2.24, 2.45) is 5.92 Å². The summed E-state index contributed by atoms with van der Waals surface area (Å²) in [4.78, 5) is 0. The Morgan fingerprint density at radius 3 is 2.63 bits per heavy atom. The first-order valence-corrected chi connectivity index (χ1v) is 7.24. The van der Waals surface area contributed by atoms with Crippen LogP contribution in [0.15, 0.2) is 0 Å². The van der Waals surface area contributed by atoms with Crippen molar-refractivity contribution >= 4 is 0 Å². The molecule has 0 spiro atoms. The lowest BCUT2D eigenvalue weighted by Crippen LogP contribution is -2.50. The van der Waals surface area contributed by atoms with Crippen LogP contribution >= 0.6 is 0 Å². The fourth-order valence-electron chi connectivity index (χ4n) is 2.86. The molecule has 0 aromatic rings. The Labute approximate surface area is 114 Å². The highest BCUT2D eigenvalue weighted by atomic mass is 19.4. The van der Waals surface area contributed by atoms with E-state index < -0.39 is 17.9 Å². The standard InChI is InChI=1S/C14H26F3NO/c1-4-8-18-10-13(7-5-6-11(2)9-13)19-12(3)14(15,16)17/h11-12,18H,4-10H2,1-3H3. The van der Waals surface area contributed by atoms with E-state index in [1.165, 1.54) is 0 Å². The molecule has 5 heteroatoms. The summed E-state index contributed by atoms with van der Waals surface area (Å²) < 4.78 is 43.6. The number of alkyl halides is 3. The van der Waals surface area contributed by atoms with Crippen molar-refractivity contribution in [1.82, 2.24) is 5.32 Å². The van der Waals surface area contributed by atoms with Crippen molar-refractivity contribution in [3.8, 4) is 0 Å². The highest BCUT2D eigenvalue weighted by Crippen LogP contribution is 2.38. The van der Waals surface area contributed by atoms with Gasteiger partial charge in [-0.25, -0.2) is 0 Å². The smallest absolute Gasteiger partial charge is 0.361 e. The zero-order valence-electron chi connectivity index (χ0n) is 12.1. The van der Waals surface area contributed by atoms with Crippen molar-refractivity contribution in [1.29, 1.82) is 0 Å². The van der Waals surface area contributed by atoms with Gasteiger partial charge in [0.2, 0.25) is 0 Å². The van der Waals surface area contributed by atoms with E-state index in [1.807, 2.05) is 6.92 Å². The van der Waals surface area contributed by atoms with Gasteiger partial charge in [0.25, 0.3) is 0 Å². The highest BCUT2D eigenvalue weighted by Gasteiger charge is 2.44. The number of nitrogens with one attached hydrogen (secondary N) is 1. The van der Waals surface area contributed by atoms with Gasteiger partial charge in [-0.15, -0.1) is 0 Å². The minimum absolute atomic E-state index is 0.428. The molecule has 1 aliphatic rings. The lowest BCUT2D eigenvalue weighted by molar-refractivity contribution is -0.253. The number of rotatable bonds is 6. The fourth-order valence-corrected chi connectivity index (χ4v) is 2.86. The molecule has 3 unspecified atom stereocenters. The molecule has 1 N–H and O–H groups in total. The van der Waals surface area contributed by atoms with Gasteiger partial charge in [0.05, 0.1) is 5.60 Å². The molecule has 0 amide bonds. The topological polar surface area (TPSA) is 21.3 Å². The van der Waals surface area contributed by atoms with E-state index >= 15 is 0 Å². The average Bonchev–Trinajstić information content (AvgIpc) is 2.28. The van der Waals surface area contributed by atoms with Crippen LogP contribution in [0.3, 0.4) is 0 Å². The molecular weight excluding hydrogens is 255 g/mol. The van der Waals surface area contributed by atoms with Crippen LogP contribution in [0.2, 0.25) is 0 Å². The third-order valence-corrected chi connectivity index (χ3v) is 3.81. The molecule has 0 bridgehead atoms. The van der Waals surface area contributed by atoms with Crippen LogP contribution in [0, 0.1) is 5.92 Å². The maximum atomic E-state index is 12.7. The molecule has 1 saturated carbocycles. The van der Waals surface area contributed by atoms with Gasteiger partial charge in [0.1, 0.15) is 0 Å². The molecule has 2 nitrogen and oxygen atoms in total. The van der Waals surface area contributed by atoms with Crippen molar-refractivity contribution < 1.29 is 17.9 Å². The summed E-state index contributed by atoms with van der Waals surface area (Å²) in [5, 5.41) is 3.23. The molecule has 1 aliphatic carbocycles. The van der Waals surface area contributed by atoms with Crippen molar-refractivity contribution in [2.45, 2.75) is 70.8 Å². The number of hydrogen-bond donors (Lipinski definition) is 1. The van der Waals surface area contributed by atoms with Gasteiger partial charge < -0.3 is 10.1 Å². The van der Waals surface area contributed by atoms with Gasteiger partial charge in [-0.05, 0) is 38.6 Å². The second-order valence-corrected chi connectivity index (χ2v) is 5.86. The number of ether oxygens (including phenoxy) is 1. The van der Waals surface area contributed by atoms with E-state index in [2.05, 4.69) is 12.2 Å². The molecule has 3 atom stereocenters. The molecular formula is C14H26F3NO. The second-order valence-electron chi connectivity index (χ2n) is 5.86. The summed E-state index contributed by atoms with van der Waals surface area (Å²) >= 11 is 0. The van der Waals surface area contributed by atoms with Crippen LogP contribution in [0.4, 0.5) is 13.2 Å². The number of halogens is 3. The Morgan fingerprint density at radius 2 is 2.11 bits per heavy atom. The summed E-state index contributed by atoms with van der Waals surface area (Å²) in [6.07, 6.45) is -1.54. The minimum Gasteiger partial charge on any atom is -0.361 e. The van der Waals surface area contributed by atoms with Gasteiger partial charge in [-0.2, -0.15) is 13.2 Å². The number of hydrogen-bond acceptors (Lipinski definition) is 2. The minimum atomic E-state index is -4.28. The zero-order chi connectivity index (χ0) is 14.5. The summed E-state index contributed by atoms with van der Waals surface area (Å²) in [6.45, 7) is 6.59. The predicted octanol–water partition coefficient (Wildman–Crippen LogP) is 3.90. The Morgan fingerprint density at radius 1 is 1.42 bits per heavy atom. The third-order valence-electron chi connectivity index (χ3n) is 3.81. The summed E-state index contributed by atoms with van der Waals surface area (Å²) in [7, 11) is 0. The molecule has 1 fully saturated rings. The Bertz CT molecular complexity index is 270. The van der Waals surface area contributed by atoms with Gasteiger partial charge in [0, 0.05) is 6.54 Å². The summed E-state index contributed by atoms with van der Waals surface area (Å²) in [6, 6.07) is 0. The van der Waals surface area contributed by atoms with Crippen molar-refractivity contribution in [3.63, 3.8) is 0 Å². The van der Waals surface area contributed by atoms with E-state index in [-0.39, 0.29) is 0 Å². The van der Waals surface area contributed by atoms with Crippen molar-refractivity contribution in [3.05, 3.63) is 0 Å². The largest absolute Gasteiger partial charge is 0.414 e. The molecule has 0 aromatic heterocycles. The van der Waals surface area contributed by atoms with Gasteiger partial charge in [-0.3, -0.25) is 0 Å². The van der Waals surface area contributed by atoms with E-state index in [0.717, 1.165) is 32.7 Å². The van der Waals surface area contributed by atoms with E-state index in [9.17, 15) is 13.2 Å². The van der Waals surface area contributed by atoms with E-state index in [0.29, 0.717) is 25.3 Å². The van der Waals surface area contributed by atoms with Gasteiger partial charge in [-0.1, -0.05) is 26.7 Å². The van der Waals surface area contributed by atoms with Crippen LogP contribution in [0.25, 0.3) is 0 Å². The molecule has 114 valence electrons. The average molecular weight is 281 g/mol. The Kier molecular flexibility index (Phi) is 6.12. The molecule has 1 rings (SSSR count). The van der Waals surface area contributed by atoms with Gasteiger partial charge >= 0.3 is 6.18 Å². The molecule has 19 heavy (non-hydrogen) atoms. The quantitative estimate of drug-likeness (QED) is 0.745. The maximum absolute atomic E-state index is 12.7. The highest BCUT2D eigenvalue weighted by molar-refractivity contribution is 4.90. The van der Waals surface area contributed by atoms with Crippen molar-refractivity contribution in [2.75, 3.05) is 13.1 Å². The predicted molar refractivity (Wildman–Crippen MR) is 70.1 cm³/mol. The van der Waals surface area contributed by atoms with E-state index in [4.69, 9.17) is 4.74 Å². The zero-order valence-corrected chi connectivity index (χ0v) is 12.1. The normalized spacial score (nSPS) is 30.3. The van der Waals surface area contributed by atoms with Crippen LogP contribution in [0.5, 0.6) is 0 Å². The second kappa shape index (κ2) is 6.93. The molecule has 0 heterocycles. The molecule has 0 aromatic carbocycles. The first-order chi connectivity index (χ1) is 8.79. The summed E-state index contributed by atoms with van der Waals surface area (Å²) in [5.74, 6) is 0.428. The SMILES string of the molecule is CCCNCC1(OC(C)C(F)(F)F)CCCC(C)C1. The maximum Gasteiger partial charge on any atom is 0.414 e. The Balaban J connectivity index is 2.68. The van der Waals surface area contributed by atoms with Gasteiger partial charge in [0.15, 0.2) is 6.10 Å². The molecule has 0 aliphatic heterocycles. The fraction of sp³-hybridized carbons (Fsp3) is 1.00. The molecule has 0 radical (unpaired) electrons. The lowest BCUT2D eigenvalue weighted by Gasteiger charge is -2.42. The van der Waals surface area contributed by atoms with Crippen LogP contribution in [0.1, 0.15) is 52.9 Å². The van der Waals surface area contributed by atoms with Crippen LogP contribution in [-0.4, -0.2) is 31.0 Å². The van der Waals surface area contributed by atoms with Crippen LogP contribution < -0.4 is 5.32 Å². The first kappa shape index (κ1) is 16.8. The third kappa shape index (κ3) is 5.30. The molecule has 0 saturated heterocycles. The summed E-state index contributed by atoms with van der Waals surface area (Å²) in [5.41, 5.74) is -0.651. The monoisotopic (exact) mass is 281 g/mol. The first-order valence-electron chi connectivity index (χ1n) is 7.24. The lowest BCUT2D eigenvalue weighted by atomic mass is 9.78. The van der Waals surface area contributed by atoms with Crippen LogP contribution in [-0.2, 0) is 4.74 Å². The van der Waals surface area contributed by atoms with E-state index in [1.54, 1.807) is 0 Å². The Hall–Kier alpha value is -0.290.